The van der Waals surface area contributed by atoms with Crippen molar-refractivity contribution in [3.63, 3.8) is 0 Å². The van der Waals surface area contributed by atoms with Crippen molar-refractivity contribution in [2.45, 2.75) is 37.5 Å². The molecule has 24 heavy (non-hydrogen) atoms. The fourth-order valence-corrected chi connectivity index (χ4v) is 4.68. The molecule has 0 bridgehead atoms. The van der Waals surface area contributed by atoms with Gasteiger partial charge in [0.15, 0.2) is 0 Å². The number of benzene rings is 1. The Morgan fingerprint density at radius 1 is 1.21 bits per heavy atom. The lowest BCUT2D eigenvalue weighted by Crippen LogP contribution is -2.43. The standard InChI is InChI=1S/C16H21NO6S/c1-23-16(20)13-4-2-3-5-14(13)24(21,22)17-10-11-6-8-12(9-7-11)15(18)19/h6-9,13-14,17H,2-5,10H2,1H3,(H,18,19). The molecule has 1 aromatic carbocycles. The topological polar surface area (TPSA) is 110 Å². The highest BCUT2D eigenvalue weighted by molar-refractivity contribution is 7.90. The van der Waals surface area contributed by atoms with Crippen molar-refractivity contribution < 1.29 is 27.9 Å². The minimum Gasteiger partial charge on any atom is -0.478 e. The van der Waals surface area contributed by atoms with Crippen molar-refractivity contribution in [2.24, 2.45) is 5.92 Å². The zero-order valence-electron chi connectivity index (χ0n) is 13.4. The van der Waals surface area contributed by atoms with Crippen LogP contribution >= 0.6 is 0 Å². The Morgan fingerprint density at radius 2 is 1.83 bits per heavy atom. The largest absolute Gasteiger partial charge is 0.478 e. The first kappa shape index (κ1) is 18.4. The van der Waals surface area contributed by atoms with Crippen LogP contribution in [0.25, 0.3) is 0 Å². The predicted molar refractivity (Wildman–Crippen MR) is 86.9 cm³/mol. The Morgan fingerprint density at radius 3 is 2.42 bits per heavy atom. The summed E-state index contributed by atoms with van der Waals surface area (Å²) in [4.78, 5) is 22.6. The van der Waals surface area contributed by atoms with Gasteiger partial charge in [-0.25, -0.2) is 17.9 Å². The highest BCUT2D eigenvalue weighted by Crippen LogP contribution is 2.30. The Bertz CT molecular complexity index is 698. The Balaban J connectivity index is 2.06. The minimum absolute atomic E-state index is 0.0482. The Kier molecular flexibility index (Phi) is 5.95. The molecule has 1 aromatic rings. The molecular weight excluding hydrogens is 334 g/mol. The summed E-state index contributed by atoms with van der Waals surface area (Å²) >= 11 is 0. The molecule has 0 spiro atoms. The maximum absolute atomic E-state index is 12.6. The zero-order chi connectivity index (χ0) is 17.7. The summed E-state index contributed by atoms with van der Waals surface area (Å²) in [5, 5.41) is 8.06. The van der Waals surface area contributed by atoms with Crippen LogP contribution in [0.15, 0.2) is 24.3 Å². The van der Waals surface area contributed by atoms with Crippen molar-refractivity contribution in [2.75, 3.05) is 7.11 Å². The first-order valence-electron chi connectivity index (χ1n) is 7.73. The van der Waals surface area contributed by atoms with E-state index in [1.807, 2.05) is 0 Å². The second-order valence-electron chi connectivity index (χ2n) is 5.82. The number of rotatable bonds is 6. The molecule has 0 radical (unpaired) electrons. The lowest BCUT2D eigenvalue weighted by Gasteiger charge is -2.29. The van der Waals surface area contributed by atoms with Crippen LogP contribution in [0.5, 0.6) is 0 Å². The number of hydrogen-bond donors (Lipinski definition) is 2. The summed E-state index contributed by atoms with van der Waals surface area (Å²) < 4.78 is 32.4. The molecule has 0 amide bonds. The van der Waals surface area contributed by atoms with Crippen LogP contribution in [0.1, 0.15) is 41.6 Å². The molecule has 7 nitrogen and oxygen atoms in total. The number of methoxy groups -OCH3 is 1. The smallest absolute Gasteiger partial charge is 0.335 e. The van der Waals surface area contributed by atoms with Gasteiger partial charge in [-0.2, -0.15) is 0 Å². The van der Waals surface area contributed by atoms with Crippen molar-refractivity contribution in [1.82, 2.24) is 4.72 Å². The van der Waals surface area contributed by atoms with E-state index in [0.717, 1.165) is 12.8 Å². The maximum Gasteiger partial charge on any atom is 0.335 e. The molecule has 2 atom stereocenters. The van der Waals surface area contributed by atoms with Gasteiger partial charge in [0.05, 0.1) is 23.8 Å². The lowest BCUT2D eigenvalue weighted by molar-refractivity contribution is -0.146. The number of hydrogen-bond acceptors (Lipinski definition) is 5. The van der Waals surface area contributed by atoms with E-state index in [2.05, 4.69) is 4.72 Å². The van der Waals surface area contributed by atoms with E-state index in [1.54, 1.807) is 12.1 Å². The highest BCUT2D eigenvalue weighted by Gasteiger charge is 2.40. The molecule has 1 aliphatic rings. The number of carbonyl (C=O) groups excluding carboxylic acids is 1. The van der Waals surface area contributed by atoms with Gasteiger partial charge in [0.25, 0.3) is 0 Å². The van der Waals surface area contributed by atoms with Crippen molar-refractivity contribution in [3.05, 3.63) is 35.4 Å². The third-order valence-electron chi connectivity index (χ3n) is 4.28. The van der Waals surface area contributed by atoms with Crippen molar-refractivity contribution >= 4 is 22.0 Å². The average molecular weight is 355 g/mol. The van der Waals surface area contributed by atoms with Gasteiger partial charge in [-0.05, 0) is 30.5 Å². The Hall–Kier alpha value is -1.93. The second-order valence-corrected chi connectivity index (χ2v) is 7.80. The van der Waals surface area contributed by atoms with E-state index in [0.29, 0.717) is 18.4 Å². The van der Waals surface area contributed by atoms with Gasteiger partial charge in [-0.3, -0.25) is 4.79 Å². The van der Waals surface area contributed by atoms with Crippen LogP contribution in [0.4, 0.5) is 0 Å². The van der Waals surface area contributed by atoms with E-state index in [-0.39, 0.29) is 12.1 Å². The maximum atomic E-state index is 12.6. The monoisotopic (exact) mass is 355 g/mol. The van der Waals surface area contributed by atoms with Gasteiger partial charge in [0, 0.05) is 6.54 Å². The summed E-state index contributed by atoms with van der Waals surface area (Å²) in [6.07, 6.45) is 2.49. The molecule has 0 aliphatic heterocycles. The third kappa shape index (κ3) is 4.33. The highest BCUT2D eigenvalue weighted by atomic mass is 32.2. The third-order valence-corrected chi connectivity index (χ3v) is 6.19. The number of carboxylic acids is 1. The number of ether oxygens (including phenoxy) is 1. The number of carboxylic acid groups (broad SMARTS) is 1. The molecule has 132 valence electrons. The predicted octanol–water partition coefficient (Wildman–Crippen LogP) is 1.54. The summed E-state index contributed by atoms with van der Waals surface area (Å²) in [6.45, 7) is 0.0482. The van der Waals surface area contributed by atoms with Crippen LogP contribution in [-0.2, 0) is 26.1 Å². The quantitative estimate of drug-likeness (QED) is 0.749. The van der Waals surface area contributed by atoms with Crippen LogP contribution in [-0.4, -0.2) is 37.8 Å². The first-order chi connectivity index (χ1) is 11.3. The van der Waals surface area contributed by atoms with Gasteiger partial charge in [0.1, 0.15) is 0 Å². The SMILES string of the molecule is COC(=O)C1CCCCC1S(=O)(=O)NCc1ccc(C(=O)O)cc1. The number of aromatic carboxylic acids is 1. The molecule has 0 aromatic heterocycles. The Labute approximate surface area is 141 Å². The molecule has 1 fully saturated rings. The van der Waals surface area contributed by atoms with Crippen molar-refractivity contribution in [1.29, 1.82) is 0 Å². The molecule has 2 rings (SSSR count). The molecule has 0 heterocycles. The number of sulfonamides is 1. The van der Waals surface area contributed by atoms with Crippen molar-refractivity contribution in [3.8, 4) is 0 Å². The van der Waals surface area contributed by atoms with Crippen LogP contribution in [0.2, 0.25) is 0 Å². The van der Waals surface area contributed by atoms with Crippen LogP contribution < -0.4 is 4.72 Å². The first-order valence-corrected chi connectivity index (χ1v) is 9.28. The van der Waals surface area contributed by atoms with E-state index in [4.69, 9.17) is 9.84 Å². The molecule has 0 saturated heterocycles. The van der Waals surface area contributed by atoms with E-state index in [1.165, 1.54) is 19.2 Å². The van der Waals surface area contributed by atoms with Gasteiger partial charge in [-0.1, -0.05) is 25.0 Å². The zero-order valence-corrected chi connectivity index (χ0v) is 14.2. The van der Waals surface area contributed by atoms with Crippen LogP contribution in [0.3, 0.4) is 0 Å². The van der Waals surface area contributed by atoms with Gasteiger partial charge in [0.2, 0.25) is 10.0 Å². The fourth-order valence-electron chi connectivity index (χ4n) is 2.95. The van der Waals surface area contributed by atoms with E-state index < -0.39 is 33.1 Å². The van der Waals surface area contributed by atoms with E-state index in [9.17, 15) is 18.0 Å². The van der Waals surface area contributed by atoms with Gasteiger partial charge >= 0.3 is 11.9 Å². The number of carbonyl (C=O) groups is 2. The fraction of sp³-hybridized carbons (Fsp3) is 0.500. The number of esters is 1. The van der Waals surface area contributed by atoms with Crippen LogP contribution in [0, 0.1) is 5.92 Å². The number of nitrogens with one attached hydrogen (secondary N) is 1. The minimum atomic E-state index is -3.68. The molecule has 8 heteroatoms. The summed E-state index contributed by atoms with van der Waals surface area (Å²) in [7, 11) is -2.42. The molecule has 2 N–H and O–H groups in total. The molecular formula is C16H21NO6S. The lowest BCUT2D eigenvalue weighted by atomic mass is 9.89. The van der Waals surface area contributed by atoms with E-state index >= 15 is 0 Å². The summed E-state index contributed by atoms with van der Waals surface area (Å²) in [6, 6.07) is 5.96. The summed E-state index contributed by atoms with van der Waals surface area (Å²) in [5.74, 6) is -2.17. The normalized spacial score (nSPS) is 21.2. The average Bonchev–Trinajstić information content (AvgIpc) is 2.59. The second kappa shape index (κ2) is 7.76. The molecule has 1 aliphatic carbocycles. The summed E-state index contributed by atoms with van der Waals surface area (Å²) in [5.41, 5.74) is 0.786. The van der Waals surface area contributed by atoms with Gasteiger partial charge < -0.3 is 9.84 Å². The van der Waals surface area contributed by atoms with Gasteiger partial charge in [-0.15, -0.1) is 0 Å². The molecule has 2 unspecified atom stereocenters. The molecule has 1 saturated carbocycles.